The van der Waals surface area contributed by atoms with Crippen molar-refractivity contribution in [3.8, 4) is 0 Å². The van der Waals surface area contributed by atoms with Crippen LogP contribution >= 0.6 is 11.8 Å². The molecule has 162 valence electrons. The molecule has 1 aromatic rings. The first-order valence-electron chi connectivity index (χ1n) is 11.4. The van der Waals surface area contributed by atoms with Gasteiger partial charge in [0.15, 0.2) is 0 Å². The highest BCUT2D eigenvalue weighted by atomic mass is 32.2. The van der Waals surface area contributed by atoms with Crippen molar-refractivity contribution in [2.75, 3.05) is 5.75 Å². The molecule has 1 unspecified atom stereocenters. The molecule has 0 saturated carbocycles. The molecule has 0 spiro atoms. The summed E-state index contributed by atoms with van der Waals surface area (Å²) in [6.45, 7) is 4.30. The molecule has 0 aromatic heterocycles. The summed E-state index contributed by atoms with van der Waals surface area (Å²) in [4.78, 5) is 24.5. The Kier molecular flexibility index (Phi) is 11.2. The first kappa shape index (κ1) is 23.8. The van der Waals surface area contributed by atoms with Gasteiger partial charge in [0, 0.05) is 6.42 Å². The summed E-state index contributed by atoms with van der Waals surface area (Å²) < 4.78 is 0. The Labute approximate surface area is 181 Å². The normalized spacial score (nSPS) is 16.4. The molecule has 1 aromatic carbocycles. The number of thioether (sulfide) groups is 1. The second-order valence-electron chi connectivity index (χ2n) is 8.16. The average molecular weight is 419 g/mol. The van der Waals surface area contributed by atoms with Crippen molar-refractivity contribution < 1.29 is 9.59 Å². The van der Waals surface area contributed by atoms with Crippen molar-refractivity contribution in [2.24, 2.45) is 0 Å². The zero-order chi connectivity index (χ0) is 20.9. The van der Waals surface area contributed by atoms with Gasteiger partial charge in [0.05, 0.1) is 5.75 Å². The van der Waals surface area contributed by atoms with Crippen LogP contribution in [0.2, 0.25) is 0 Å². The van der Waals surface area contributed by atoms with E-state index in [4.69, 9.17) is 0 Å². The Bertz CT molecular complexity index is 618. The summed E-state index contributed by atoms with van der Waals surface area (Å²) in [7, 11) is 0. The van der Waals surface area contributed by atoms with E-state index in [1.54, 1.807) is 11.8 Å². The van der Waals surface area contributed by atoms with Gasteiger partial charge in [-0.25, -0.2) is 5.01 Å². The summed E-state index contributed by atoms with van der Waals surface area (Å²) in [5.41, 5.74) is 5.10. The second kappa shape index (κ2) is 13.7. The van der Waals surface area contributed by atoms with Gasteiger partial charge in [-0.15, -0.1) is 11.8 Å². The molecule has 1 atom stereocenters. The SMILES string of the molecule is CCCCCCCCCCCCCC(=O)NN1C(=O)CSC1c1ccc(C)cc1. The molecular weight excluding hydrogens is 380 g/mol. The molecule has 0 radical (unpaired) electrons. The standard InChI is InChI=1S/C24H38N2O2S/c1-3-4-5-6-7-8-9-10-11-12-13-14-22(27)25-26-23(28)19-29-24(26)21-17-15-20(2)16-18-21/h15-18,24H,3-14,19H2,1-2H3,(H,25,27). The fraction of sp³-hybridized carbons (Fsp3) is 0.667. The fourth-order valence-corrected chi connectivity index (χ4v) is 4.77. The van der Waals surface area contributed by atoms with Gasteiger partial charge in [-0.05, 0) is 18.9 Å². The highest BCUT2D eigenvalue weighted by molar-refractivity contribution is 8.00. The summed E-state index contributed by atoms with van der Waals surface area (Å²) >= 11 is 1.57. The van der Waals surface area contributed by atoms with Gasteiger partial charge in [0.1, 0.15) is 5.37 Å². The number of amides is 2. The van der Waals surface area contributed by atoms with Crippen LogP contribution in [0.4, 0.5) is 0 Å². The molecule has 1 heterocycles. The number of hydrogen-bond donors (Lipinski definition) is 1. The van der Waals surface area contributed by atoms with E-state index >= 15 is 0 Å². The van der Waals surface area contributed by atoms with Crippen LogP contribution in [-0.4, -0.2) is 22.6 Å². The molecule has 0 bridgehead atoms. The number of hydrazine groups is 1. The lowest BCUT2D eigenvalue weighted by Gasteiger charge is -2.24. The van der Waals surface area contributed by atoms with Crippen molar-refractivity contribution in [1.29, 1.82) is 0 Å². The number of rotatable bonds is 14. The number of benzene rings is 1. The molecule has 2 amide bonds. The molecule has 1 aliphatic heterocycles. The van der Waals surface area contributed by atoms with Crippen molar-refractivity contribution in [3.05, 3.63) is 35.4 Å². The molecular formula is C24H38N2O2S. The Morgan fingerprint density at radius 3 is 2.10 bits per heavy atom. The highest BCUT2D eigenvalue weighted by Crippen LogP contribution is 2.37. The van der Waals surface area contributed by atoms with E-state index in [0.29, 0.717) is 12.2 Å². The average Bonchev–Trinajstić information content (AvgIpc) is 3.07. The molecule has 1 aliphatic rings. The topological polar surface area (TPSA) is 49.4 Å². The maximum Gasteiger partial charge on any atom is 0.252 e. The van der Waals surface area contributed by atoms with Crippen molar-refractivity contribution in [3.63, 3.8) is 0 Å². The summed E-state index contributed by atoms with van der Waals surface area (Å²) in [5, 5.41) is 1.40. The Morgan fingerprint density at radius 1 is 0.966 bits per heavy atom. The lowest BCUT2D eigenvalue weighted by Crippen LogP contribution is -2.44. The van der Waals surface area contributed by atoms with Crippen molar-refractivity contribution >= 4 is 23.6 Å². The van der Waals surface area contributed by atoms with Crippen molar-refractivity contribution in [1.82, 2.24) is 10.4 Å². The number of carbonyl (C=O) groups excluding carboxylic acids is 2. The molecule has 5 heteroatoms. The van der Waals surface area contributed by atoms with E-state index < -0.39 is 0 Å². The van der Waals surface area contributed by atoms with Crippen LogP contribution in [0.25, 0.3) is 0 Å². The monoisotopic (exact) mass is 418 g/mol. The van der Waals surface area contributed by atoms with Gasteiger partial charge in [0.25, 0.3) is 5.91 Å². The van der Waals surface area contributed by atoms with Crippen LogP contribution in [-0.2, 0) is 9.59 Å². The van der Waals surface area contributed by atoms with Gasteiger partial charge in [-0.3, -0.25) is 15.0 Å². The highest BCUT2D eigenvalue weighted by Gasteiger charge is 2.34. The number of nitrogens with one attached hydrogen (secondary N) is 1. The van der Waals surface area contributed by atoms with E-state index in [2.05, 4.69) is 12.3 Å². The molecule has 1 N–H and O–H groups in total. The lowest BCUT2D eigenvalue weighted by atomic mass is 10.1. The van der Waals surface area contributed by atoms with E-state index in [0.717, 1.165) is 18.4 Å². The Morgan fingerprint density at radius 2 is 1.52 bits per heavy atom. The summed E-state index contributed by atoms with van der Waals surface area (Å²) in [5.74, 6) is 0.346. The Balaban J connectivity index is 1.58. The fourth-order valence-electron chi connectivity index (χ4n) is 3.66. The van der Waals surface area contributed by atoms with E-state index in [1.807, 2.05) is 31.2 Å². The van der Waals surface area contributed by atoms with Crippen LogP contribution < -0.4 is 5.43 Å². The smallest absolute Gasteiger partial charge is 0.252 e. The number of hydrogen-bond acceptors (Lipinski definition) is 3. The van der Waals surface area contributed by atoms with E-state index in [1.165, 1.54) is 68.4 Å². The largest absolute Gasteiger partial charge is 0.273 e. The van der Waals surface area contributed by atoms with Gasteiger partial charge < -0.3 is 0 Å². The zero-order valence-corrected chi connectivity index (χ0v) is 19.1. The van der Waals surface area contributed by atoms with Crippen LogP contribution in [0, 0.1) is 6.92 Å². The minimum absolute atomic E-state index is 0.0205. The van der Waals surface area contributed by atoms with E-state index in [-0.39, 0.29) is 17.2 Å². The first-order chi connectivity index (χ1) is 14.1. The number of unbranched alkanes of at least 4 members (excludes halogenated alkanes) is 10. The first-order valence-corrected chi connectivity index (χ1v) is 12.5. The van der Waals surface area contributed by atoms with Crippen molar-refractivity contribution in [2.45, 2.75) is 96.3 Å². The molecule has 29 heavy (non-hydrogen) atoms. The predicted molar refractivity (Wildman–Crippen MR) is 122 cm³/mol. The second-order valence-corrected chi connectivity index (χ2v) is 9.23. The van der Waals surface area contributed by atoms with Crippen LogP contribution in [0.5, 0.6) is 0 Å². The number of carbonyl (C=O) groups is 2. The van der Waals surface area contributed by atoms with Crippen LogP contribution in [0.15, 0.2) is 24.3 Å². The van der Waals surface area contributed by atoms with Crippen LogP contribution in [0.3, 0.4) is 0 Å². The van der Waals surface area contributed by atoms with Gasteiger partial charge >= 0.3 is 0 Å². The minimum atomic E-state index is -0.121. The van der Waals surface area contributed by atoms with Gasteiger partial charge in [0.2, 0.25) is 5.91 Å². The zero-order valence-electron chi connectivity index (χ0n) is 18.3. The minimum Gasteiger partial charge on any atom is -0.273 e. The maximum atomic E-state index is 12.3. The summed E-state index contributed by atoms with van der Waals surface area (Å²) in [6.07, 6.45) is 14.4. The third kappa shape index (κ3) is 8.81. The molecule has 4 nitrogen and oxygen atoms in total. The lowest BCUT2D eigenvalue weighted by molar-refractivity contribution is -0.139. The molecule has 0 aliphatic carbocycles. The quantitative estimate of drug-likeness (QED) is 0.361. The van der Waals surface area contributed by atoms with E-state index in [9.17, 15) is 9.59 Å². The third-order valence-corrected chi connectivity index (χ3v) is 6.70. The third-order valence-electron chi connectivity index (χ3n) is 5.48. The predicted octanol–water partition coefficient (Wildman–Crippen LogP) is 6.30. The molecule has 1 saturated heterocycles. The van der Waals surface area contributed by atoms with Gasteiger partial charge in [-0.2, -0.15) is 0 Å². The maximum absolute atomic E-state index is 12.3. The Hall–Kier alpha value is -1.49. The summed E-state index contributed by atoms with van der Waals surface area (Å²) in [6, 6.07) is 8.16. The number of nitrogens with zero attached hydrogens (tertiary/aromatic N) is 1. The van der Waals surface area contributed by atoms with Crippen LogP contribution in [0.1, 0.15) is 100 Å². The van der Waals surface area contributed by atoms with Gasteiger partial charge in [-0.1, -0.05) is 101 Å². The molecule has 2 rings (SSSR count). The number of aryl methyl sites for hydroxylation is 1. The molecule has 1 fully saturated rings.